The van der Waals surface area contributed by atoms with Crippen LogP contribution in [0.3, 0.4) is 0 Å². The van der Waals surface area contributed by atoms with Crippen LogP contribution in [0.15, 0.2) is 36.5 Å². The Hall–Kier alpha value is -3.24. The number of hydrogen-bond acceptors (Lipinski definition) is 8. The third kappa shape index (κ3) is 7.48. The second-order valence-corrected chi connectivity index (χ2v) is 12.0. The molecule has 1 atom stereocenters. The lowest BCUT2D eigenvalue weighted by atomic mass is 9.86. The van der Waals surface area contributed by atoms with Crippen molar-refractivity contribution in [3.8, 4) is 5.75 Å². The summed E-state index contributed by atoms with van der Waals surface area (Å²) in [5, 5.41) is 9.55. The van der Waals surface area contributed by atoms with Crippen LogP contribution in [-0.2, 0) is 17.6 Å². The van der Waals surface area contributed by atoms with Gasteiger partial charge in [-0.15, -0.1) is 11.3 Å². The first-order chi connectivity index (χ1) is 19.5. The molecule has 2 aliphatic rings. The van der Waals surface area contributed by atoms with Gasteiger partial charge in [-0.2, -0.15) is 4.98 Å². The third-order valence-electron chi connectivity index (χ3n) is 7.71. The van der Waals surface area contributed by atoms with Crippen molar-refractivity contribution in [2.24, 2.45) is 11.8 Å². The molecule has 0 saturated heterocycles. The molecule has 2 aliphatic carbocycles. The third-order valence-corrected chi connectivity index (χ3v) is 8.91. The lowest BCUT2D eigenvalue weighted by molar-refractivity contribution is 0.0947. The minimum Gasteiger partial charge on any atom is -0.491 e. The van der Waals surface area contributed by atoms with Crippen LogP contribution in [0, 0.1) is 17.7 Å². The summed E-state index contributed by atoms with van der Waals surface area (Å²) in [6.07, 6.45) is 8.28. The minimum atomic E-state index is -0.477. The first-order valence-corrected chi connectivity index (χ1v) is 15.0. The van der Waals surface area contributed by atoms with Gasteiger partial charge in [-0.05, 0) is 92.7 Å². The normalized spacial score (nSPS) is 20.4. The maximum absolute atomic E-state index is 14.5. The van der Waals surface area contributed by atoms with Crippen LogP contribution in [0.1, 0.15) is 59.1 Å². The second kappa shape index (κ2) is 13.4. The van der Waals surface area contributed by atoms with Gasteiger partial charge in [0.15, 0.2) is 11.6 Å². The van der Waals surface area contributed by atoms with Crippen LogP contribution in [0.5, 0.6) is 5.75 Å². The first kappa shape index (κ1) is 28.3. The lowest BCUT2D eigenvalue weighted by Gasteiger charge is -2.29. The molecule has 0 radical (unpaired) electrons. The molecule has 1 amide bonds. The second-order valence-electron chi connectivity index (χ2n) is 10.9. The molecule has 1 saturated carbocycles. The molecular weight excluding hydrogens is 529 g/mol. The maximum atomic E-state index is 14.5. The van der Waals surface area contributed by atoms with Crippen LogP contribution < -0.4 is 20.7 Å². The Morgan fingerprint density at radius 2 is 1.93 bits per heavy atom. The highest BCUT2D eigenvalue weighted by molar-refractivity contribution is 7.14. The fourth-order valence-corrected chi connectivity index (χ4v) is 6.64. The zero-order chi connectivity index (χ0) is 27.9. The molecule has 8 nitrogen and oxygen atoms in total. The molecule has 0 unspecified atom stereocenters. The summed E-state index contributed by atoms with van der Waals surface area (Å²) >= 11 is 1.66. The molecule has 40 heavy (non-hydrogen) atoms. The molecular formula is C30H38FN5O3S. The highest BCUT2D eigenvalue weighted by Crippen LogP contribution is 2.32. The summed E-state index contributed by atoms with van der Waals surface area (Å²) in [5.74, 6) is 1.95. The predicted molar refractivity (Wildman–Crippen MR) is 156 cm³/mol. The lowest BCUT2D eigenvalue weighted by Crippen LogP contribution is -2.34. The fourth-order valence-electron chi connectivity index (χ4n) is 5.35. The number of carbonyl (C=O) groups excluding carboxylic acids is 1. The van der Waals surface area contributed by atoms with Crippen molar-refractivity contribution in [1.29, 1.82) is 0 Å². The average molecular weight is 568 g/mol. The van der Waals surface area contributed by atoms with E-state index in [2.05, 4.69) is 38.9 Å². The smallest absolute Gasteiger partial charge is 0.261 e. The van der Waals surface area contributed by atoms with Crippen molar-refractivity contribution >= 4 is 34.7 Å². The highest BCUT2D eigenvalue weighted by Gasteiger charge is 2.24. The molecule has 5 rings (SSSR count). The Morgan fingerprint density at radius 1 is 1.12 bits per heavy atom. The summed E-state index contributed by atoms with van der Waals surface area (Å²) in [6, 6.07) is 9.62. The Bertz CT molecular complexity index is 1280. The van der Waals surface area contributed by atoms with E-state index >= 15 is 0 Å². The van der Waals surface area contributed by atoms with Gasteiger partial charge in [-0.1, -0.05) is 6.92 Å². The Labute approximate surface area is 239 Å². The molecule has 2 aromatic heterocycles. The van der Waals surface area contributed by atoms with Gasteiger partial charge < -0.3 is 25.4 Å². The number of fused-ring (bicyclic) bond motifs is 1. The van der Waals surface area contributed by atoms with Gasteiger partial charge in [0, 0.05) is 30.3 Å². The van der Waals surface area contributed by atoms with Crippen molar-refractivity contribution < 1.29 is 18.7 Å². The quantitative estimate of drug-likeness (QED) is 0.246. The van der Waals surface area contributed by atoms with E-state index in [4.69, 9.17) is 9.47 Å². The topological polar surface area (TPSA) is 97.4 Å². The number of aryl methyl sites for hydroxylation is 1. The van der Waals surface area contributed by atoms with Crippen LogP contribution in [0.2, 0.25) is 0 Å². The van der Waals surface area contributed by atoms with Crippen LogP contribution >= 0.6 is 11.3 Å². The van der Waals surface area contributed by atoms with E-state index in [-0.39, 0.29) is 17.8 Å². The molecule has 1 aromatic carbocycles. The number of nitrogens with zero attached hydrogens (tertiary/aromatic N) is 2. The number of nitrogens with one attached hydrogen (secondary N) is 3. The number of carbonyl (C=O) groups is 1. The van der Waals surface area contributed by atoms with Gasteiger partial charge >= 0.3 is 0 Å². The van der Waals surface area contributed by atoms with E-state index in [9.17, 15) is 9.18 Å². The number of anilines is 3. The number of methoxy groups -OCH3 is 1. The summed E-state index contributed by atoms with van der Waals surface area (Å²) in [6.45, 7) is 3.96. The number of benzene rings is 1. The van der Waals surface area contributed by atoms with Gasteiger partial charge in [0.25, 0.3) is 5.91 Å². The number of aromatic nitrogens is 2. The number of halogens is 1. The van der Waals surface area contributed by atoms with Crippen LogP contribution in [-0.4, -0.2) is 48.8 Å². The number of rotatable bonds is 11. The van der Waals surface area contributed by atoms with Crippen molar-refractivity contribution in [3.05, 3.63) is 57.7 Å². The van der Waals surface area contributed by atoms with Gasteiger partial charge in [0.2, 0.25) is 5.95 Å². The molecule has 1 fully saturated rings. The summed E-state index contributed by atoms with van der Waals surface area (Å²) in [7, 11) is 1.63. The predicted octanol–water partition coefficient (Wildman–Crippen LogP) is 5.97. The number of hydrogen-bond donors (Lipinski definition) is 3. The van der Waals surface area contributed by atoms with Crippen LogP contribution in [0.4, 0.5) is 21.8 Å². The van der Waals surface area contributed by atoms with E-state index in [1.807, 2.05) is 24.3 Å². The number of ether oxygens (including phenoxy) is 2. The van der Waals surface area contributed by atoms with E-state index in [0.717, 1.165) is 54.8 Å². The largest absolute Gasteiger partial charge is 0.491 e. The van der Waals surface area contributed by atoms with Gasteiger partial charge in [-0.3, -0.25) is 4.79 Å². The van der Waals surface area contributed by atoms with Gasteiger partial charge in [-0.25, -0.2) is 9.37 Å². The van der Waals surface area contributed by atoms with E-state index < -0.39 is 5.82 Å². The monoisotopic (exact) mass is 567 g/mol. The molecule has 10 heteroatoms. The van der Waals surface area contributed by atoms with Crippen molar-refractivity contribution in [2.45, 2.75) is 57.9 Å². The molecule has 0 bridgehead atoms. The molecule has 0 spiro atoms. The molecule has 214 valence electrons. The molecule has 3 N–H and O–H groups in total. The van der Waals surface area contributed by atoms with Crippen molar-refractivity contribution in [2.75, 3.05) is 37.5 Å². The Kier molecular flexibility index (Phi) is 9.49. The summed E-state index contributed by atoms with van der Waals surface area (Å²) in [5.41, 5.74) is 2.13. The maximum Gasteiger partial charge on any atom is 0.261 e. The van der Waals surface area contributed by atoms with E-state index in [1.54, 1.807) is 18.4 Å². The molecule has 0 aliphatic heterocycles. The van der Waals surface area contributed by atoms with E-state index in [1.165, 1.54) is 23.1 Å². The minimum absolute atomic E-state index is 0.0450. The zero-order valence-electron chi connectivity index (χ0n) is 23.2. The molecule has 2 heterocycles. The van der Waals surface area contributed by atoms with Crippen molar-refractivity contribution in [1.82, 2.24) is 15.3 Å². The van der Waals surface area contributed by atoms with E-state index in [0.29, 0.717) is 37.5 Å². The standard InChI is InChI=1S/C30H38FN5O3S/c1-19-3-6-21-16-27(40-26(21)15-19)29(37)32-17-20-4-7-22(8-5-20)34-28-25(31)18-33-30(36-28)35-23-9-11-24(12-10-23)39-14-13-38-2/h9-12,16,18-20,22H,3-8,13-15,17H2,1-2H3,(H,32,37)(H2,33,34,35,36)/t19-,20?,22?/m0/s1. The average Bonchev–Trinajstić information content (AvgIpc) is 3.39. The summed E-state index contributed by atoms with van der Waals surface area (Å²) < 4.78 is 25.1. The summed E-state index contributed by atoms with van der Waals surface area (Å²) in [4.78, 5) is 23.5. The fraction of sp³-hybridized carbons (Fsp3) is 0.500. The van der Waals surface area contributed by atoms with Crippen LogP contribution in [0.25, 0.3) is 0 Å². The molecule has 3 aromatic rings. The SMILES string of the molecule is COCCOc1ccc(Nc2ncc(F)c(NC3CCC(CNC(=O)c4cc5c(s4)C[C@@H](C)CC5)CC3)n2)cc1. The van der Waals surface area contributed by atoms with Gasteiger partial charge in [0.05, 0.1) is 17.7 Å². The number of amides is 1. The zero-order valence-corrected chi connectivity index (χ0v) is 24.0. The van der Waals surface area contributed by atoms with Gasteiger partial charge in [0.1, 0.15) is 12.4 Å². The number of thiophene rings is 1. The first-order valence-electron chi connectivity index (χ1n) is 14.1. The Morgan fingerprint density at radius 3 is 2.70 bits per heavy atom. The van der Waals surface area contributed by atoms with Crippen molar-refractivity contribution in [3.63, 3.8) is 0 Å². The highest BCUT2D eigenvalue weighted by atomic mass is 32.1. The Balaban J connectivity index is 1.07.